The van der Waals surface area contributed by atoms with Gasteiger partial charge in [0.05, 0.1) is 5.69 Å². The molecule has 0 bridgehead atoms. The second-order valence-corrected chi connectivity index (χ2v) is 4.45. The first kappa shape index (κ1) is 13.1. The summed E-state index contributed by atoms with van der Waals surface area (Å²) in [6, 6.07) is 16.7. The van der Waals surface area contributed by atoms with E-state index < -0.39 is 11.8 Å². The zero-order chi connectivity index (χ0) is 14.8. The molecule has 0 fully saturated rings. The van der Waals surface area contributed by atoms with Crippen molar-refractivity contribution in [2.75, 3.05) is 0 Å². The second kappa shape index (κ2) is 5.20. The maximum atomic E-state index is 14.0. The van der Waals surface area contributed by atoms with Gasteiger partial charge in [0.25, 0.3) is 0 Å². The number of nitrogens with zero attached hydrogens (tertiary/aromatic N) is 2. The maximum Gasteiger partial charge on any atom is 0.356 e. The van der Waals surface area contributed by atoms with Gasteiger partial charge >= 0.3 is 5.97 Å². The minimum Gasteiger partial charge on any atom is -0.476 e. The molecule has 0 saturated carbocycles. The van der Waals surface area contributed by atoms with E-state index in [-0.39, 0.29) is 11.4 Å². The summed E-state index contributed by atoms with van der Waals surface area (Å²) in [6.45, 7) is 0. The fourth-order valence-electron chi connectivity index (χ4n) is 2.11. The highest BCUT2D eigenvalue weighted by Crippen LogP contribution is 2.25. The third-order valence-electron chi connectivity index (χ3n) is 3.08. The molecule has 1 heterocycles. The number of benzene rings is 2. The molecule has 1 N–H and O–H groups in total. The summed E-state index contributed by atoms with van der Waals surface area (Å²) in [4.78, 5) is 11.1. The summed E-state index contributed by atoms with van der Waals surface area (Å²) in [7, 11) is 0. The normalized spacial score (nSPS) is 10.5. The molecular weight excluding hydrogens is 271 g/mol. The van der Waals surface area contributed by atoms with Gasteiger partial charge in [-0.1, -0.05) is 42.5 Å². The van der Waals surface area contributed by atoms with Gasteiger partial charge in [0, 0.05) is 5.56 Å². The number of carboxylic acid groups (broad SMARTS) is 1. The molecule has 0 saturated heterocycles. The van der Waals surface area contributed by atoms with E-state index in [2.05, 4.69) is 5.10 Å². The van der Waals surface area contributed by atoms with Crippen LogP contribution in [-0.4, -0.2) is 20.9 Å². The van der Waals surface area contributed by atoms with E-state index in [1.165, 1.54) is 16.8 Å². The van der Waals surface area contributed by atoms with Crippen LogP contribution in [0.4, 0.5) is 4.39 Å². The van der Waals surface area contributed by atoms with Crippen molar-refractivity contribution in [1.29, 1.82) is 0 Å². The van der Waals surface area contributed by atoms with E-state index in [0.29, 0.717) is 5.69 Å². The van der Waals surface area contributed by atoms with Crippen LogP contribution in [0.25, 0.3) is 16.9 Å². The van der Waals surface area contributed by atoms with Crippen LogP contribution in [0.2, 0.25) is 0 Å². The zero-order valence-corrected chi connectivity index (χ0v) is 10.9. The van der Waals surface area contributed by atoms with Gasteiger partial charge < -0.3 is 5.11 Å². The molecule has 3 rings (SSSR count). The molecule has 3 aromatic rings. The van der Waals surface area contributed by atoms with Crippen LogP contribution in [-0.2, 0) is 0 Å². The van der Waals surface area contributed by atoms with Crippen molar-refractivity contribution >= 4 is 5.97 Å². The average Bonchev–Trinajstić information content (AvgIpc) is 2.94. The molecule has 104 valence electrons. The fraction of sp³-hybridized carbons (Fsp3) is 0. The SMILES string of the molecule is O=C(O)c1cc(-c2ccccc2)n(-c2ccccc2F)n1. The minimum atomic E-state index is -1.15. The number of hydrogen-bond donors (Lipinski definition) is 1. The Morgan fingerprint density at radius 3 is 2.38 bits per heavy atom. The molecule has 0 aliphatic rings. The van der Waals surface area contributed by atoms with Gasteiger partial charge in [-0.05, 0) is 18.2 Å². The van der Waals surface area contributed by atoms with Gasteiger partial charge in [0.2, 0.25) is 0 Å². The molecule has 0 unspecified atom stereocenters. The summed E-state index contributed by atoms with van der Waals surface area (Å²) in [5, 5.41) is 13.1. The van der Waals surface area contributed by atoms with Gasteiger partial charge in [-0.2, -0.15) is 5.10 Å². The summed E-state index contributed by atoms with van der Waals surface area (Å²) >= 11 is 0. The molecule has 0 spiro atoms. The number of rotatable bonds is 3. The lowest BCUT2D eigenvalue weighted by atomic mass is 10.1. The lowest BCUT2D eigenvalue weighted by Crippen LogP contribution is -2.04. The highest BCUT2D eigenvalue weighted by atomic mass is 19.1. The zero-order valence-electron chi connectivity index (χ0n) is 10.9. The van der Waals surface area contributed by atoms with Crippen LogP contribution in [0.15, 0.2) is 60.7 Å². The Hall–Kier alpha value is -2.95. The van der Waals surface area contributed by atoms with Crippen molar-refractivity contribution < 1.29 is 14.3 Å². The molecule has 1 aromatic heterocycles. The molecule has 0 radical (unpaired) electrons. The van der Waals surface area contributed by atoms with Gasteiger partial charge in [0.1, 0.15) is 11.5 Å². The number of hydrogen-bond acceptors (Lipinski definition) is 2. The second-order valence-electron chi connectivity index (χ2n) is 4.45. The van der Waals surface area contributed by atoms with E-state index in [1.54, 1.807) is 18.2 Å². The van der Waals surface area contributed by atoms with Crippen LogP contribution < -0.4 is 0 Å². The molecule has 5 heteroatoms. The molecule has 2 aromatic carbocycles. The molecule has 0 atom stereocenters. The Morgan fingerprint density at radius 1 is 1.05 bits per heavy atom. The summed E-state index contributed by atoms with van der Waals surface area (Å²) in [6.07, 6.45) is 0. The number of para-hydroxylation sites is 1. The number of aromatic carboxylic acids is 1. The Morgan fingerprint density at radius 2 is 1.71 bits per heavy atom. The Bertz CT molecular complexity index is 797. The number of carbonyl (C=O) groups is 1. The number of carboxylic acids is 1. The lowest BCUT2D eigenvalue weighted by Gasteiger charge is -2.08. The van der Waals surface area contributed by atoms with Crippen molar-refractivity contribution in [3.63, 3.8) is 0 Å². The van der Waals surface area contributed by atoms with E-state index in [0.717, 1.165) is 5.56 Å². The lowest BCUT2D eigenvalue weighted by molar-refractivity contribution is 0.0690. The van der Waals surface area contributed by atoms with Crippen LogP contribution in [0.1, 0.15) is 10.5 Å². The van der Waals surface area contributed by atoms with Crippen LogP contribution >= 0.6 is 0 Å². The van der Waals surface area contributed by atoms with Crippen LogP contribution in [0, 0.1) is 5.82 Å². The van der Waals surface area contributed by atoms with E-state index in [9.17, 15) is 9.18 Å². The van der Waals surface area contributed by atoms with Crippen molar-refractivity contribution in [2.24, 2.45) is 0 Å². The van der Waals surface area contributed by atoms with Crippen molar-refractivity contribution in [3.05, 3.63) is 72.2 Å². The van der Waals surface area contributed by atoms with Gasteiger partial charge in [0.15, 0.2) is 5.69 Å². The molecule has 21 heavy (non-hydrogen) atoms. The van der Waals surface area contributed by atoms with E-state index in [4.69, 9.17) is 5.11 Å². The number of aromatic nitrogens is 2. The predicted molar refractivity (Wildman–Crippen MR) is 75.9 cm³/mol. The van der Waals surface area contributed by atoms with Gasteiger partial charge in [-0.3, -0.25) is 0 Å². The summed E-state index contributed by atoms with van der Waals surface area (Å²) < 4.78 is 15.3. The molecule has 4 nitrogen and oxygen atoms in total. The third-order valence-corrected chi connectivity index (χ3v) is 3.08. The quantitative estimate of drug-likeness (QED) is 0.801. The summed E-state index contributed by atoms with van der Waals surface area (Å²) in [5.74, 6) is -1.61. The Labute approximate surface area is 120 Å². The van der Waals surface area contributed by atoms with Crippen molar-refractivity contribution in [3.8, 4) is 16.9 Å². The number of halogens is 1. The molecular formula is C16H11FN2O2. The van der Waals surface area contributed by atoms with E-state index in [1.807, 2.05) is 30.3 Å². The van der Waals surface area contributed by atoms with Crippen LogP contribution in [0.5, 0.6) is 0 Å². The first-order valence-corrected chi connectivity index (χ1v) is 6.30. The largest absolute Gasteiger partial charge is 0.476 e. The van der Waals surface area contributed by atoms with Gasteiger partial charge in [-0.25, -0.2) is 13.9 Å². The predicted octanol–water partition coefficient (Wildman–Crippen LogP) is 3.38. The Kier molecular flexibility index (Phi) is 3.23. The van der Waals surface area contributed by atoms with Gasteiger partial charge in [-0.15, -0.1) is 0 Å². The first-order valence-electron chi connectivity index (χ1n) is 6.30. The topological polar surface area (TPSA) is 55.1 Å². The molecule has 0 aliphatic heterocycles. The highest BCUT2D eigenvalue weighted by Gasteiger charge is 2.17. The standard InChI is InChI=1S/C16H11FN2O2/c17-12-8-4-5-9-14(12)19-15(10-13(18-19)16(20)21)11-6-2-1-3-7-11/h1-10H,(H,20,21). The molecule has 0 aliphatic carbocycles. The fourth-order valence-corrected chi connectivity index (χ4v) is 2.11. The third kappa shape index (κ3) is 2.41. The summed E-state index contributed by atoms with van der Waals surface area (Å²) in [5.41, 5.74) is 1.37. The minimum absolute atomic E-state index is 0.128. The van der Waals surface area contributed by atoms with Crippen molar-refractivity contribution in [1.82, 2.24) is 9.78 Å². The smallest absolute Gasteiger partial charge is 0.356 e. The Balaban J connectivity index is 2.24. The van der Waals surface area contributed by atoms with Crippen molar-refractivity contribution in [2.45, 2.75) is 0 Å². The van der Waals surface area contributed by atoms with E-state index >= 15 is 0 Å². The highest BCUT2D eigenvalue weighted by molar-refractivity contribution is 5.87. The average molecular weight is 282 g/mol. The first-order chi connectivity index (χ1) is 10.2. The molecule has 0 amide bonds. The maximum absolute atomic E-state index is 14.0. The monoisotopic (exact) mass is 282 g/mol. The van der Waals surface area contributed by atoms with Crippen LogP contribution in [0.3, 0.4) is 0 Å².